The Morgan fingerprint density at radius 1 is 1.32 bits per heavy atom. The molecular weight excluding hydrogens is 242 g/mol. The van der Waals surface area contributed by atoms with Crippen molar-refractivity contribution in [1.29, 1.82) is 0 Å². The molecule has 104 valence electrons. The number of nitrogens with zero attached hydrogens (tertiary/aromatic N) is 2. The number of urea groups is 1. The Labute approximate surface area is 114 Å². The molecule has 1 aromatic rings. The highest BCUT2D eigenvalue weighted by molar-refractivity contribution is 5.88. The molecule has 5 nitrogen and oxygen atoms in total. The second kappa shape index (κ2) is 5.57. The van der Waals surface area contributed by atoms with Gasteiger partial charge < -0.3 is 9.64 Å². The zero-order chi connectivity index (χ0) is 14.0. The quantitative estimate of drug-likeness (QED) is 0.846. The van der Waals surface area contributed by atoms with Gasteiger partial charge in [-0.15, -0.1) is 0 Å². The maximum atomic E-state index is 12.2. The van der Waals surface area contributed by atoms with Crippen molar-refractivity contribution in [3.05, 3.63) is 23.4 Å². The van der Waals surface area contributed by atoms with Crippen LogP contribution in [0, 0.1) is 13.8 Å². The molecule has 1 aromatic heterocycles. The van der Waals surface area contributed by atoms with Crippen LogP contribution in [0.2, 0.25) is 0 Å². The van der Waals surface area contributed by atoms with Gasteiger partial charge in [-0.1, -0.05) is 0 Å². The Kier molecular flexibility index (Phi) is 4.04. The van der Waals surface area contributed by atoms with Crippen LogP contribution in [0.1, 0.15) is 25.1 Å². The molecule has 0 aliphatic carbocycles. The van der Waals surface area contributed by atoms with Crippen molar-refractivity contribution >= 4 is 11.8 Å². The number of hydrogen-bond donors (Lipinski definition) is 1. The van der Waals surface area contributed by atoms with Gasteiger partial charge in [-0.2, -0.15) is 0 Å². The van der Waals surface area contributed by atoms with E-state index in [1.165, 1.54) is 0 Å². The molecular formula is C14H21N3O2. The van der Waals surface area contributed by atoms with E-state index < -0.39 is 0 Å². The zero-order valence-corrected chi connectivity index (χ0v) is 11.9. The average molecular weight is 263 g/mol. The summed E-state index contributed by atoms with van der Waals surface area (Å²) in [6.07, 6.45) is 0.142. The van der Waals surface area contributed by atoms with Gasteiger partial charge in [0.1, 0.15) is 5.82 Å². The van der Waals surface area contributed by atoms with Crippen LogP contribution in [0.15, 0.2) is 12.1 Å². The molecule has 1 N–H and O–H groups in total. The third-order valence-electron chi connectivity index (χ3n) is 3.04. The minimum absolute atomic E-state index is 0.0710. The highest BCUT2D eigenvalue weighted by Crippen LogP contribution is 2.14. The van der Waals surface area contributed by atoms with Crippen LogP contribution in [0.5, 0.6) is 0 Å². The molecule has 0 spiro atoms. The van der Waals surface area contributed by atoms with Gasteiger partial charge in [0, 0.05) is 18.8 Å². The Hall–Kier alpha value is -1.62. The van der Waals surface area contributed by atoms with Crippen LogP contribution in [-0.4, -0.2) is 41.2 Å². The fraction of sp³-hybridized carbons (Fsp3) is 0.571. The van der Waals surface area contributed by atoms with E-state index in [0.29, 0.717) is 18.9 Å². The molecule has 19 heavy (non-hydrogen) atoms. The lowest BCUT2D eigenvalue weighted by Crippen LogP contribution is -2.49. The molecule has 0 bridgehead atoms. The fourth-order valence-electron chi connectivity index (χ4n) is 2.44. The van der Waals surface area contributed by atoms with Gasteiger partial charge in [0.25, 0.3) is 0 Å². The summed E-state index contributed by atoms with van der Waals surface area (Å²) in [7, 11) is 0. The number of carbonyl (C=O) groups is 1. The fourth-order valence-corrected chi connectivity index (χ4v) is 2.44. The van der Waals surface area contributed by atoms with Gasteiger partial charge in [0.05, 0.1) is 12.2 Å². The van der Waals surface area contributed by atoms with Crippen LogP contribution in [-0.2, 0) is 4.74 Å². The zero-order valence-electron chi connectivity index (χ0n) is 11.9. The molecule has 2 atom stereocenters. The summed E-state index contributed by atoms with van der Waals surface area (Å²) >= 11 is 0. The maximum Gasteiger partial charge on any atom is 0.323 e. The summed E-state index contributed by atoms with van der Waals surface area (Å²) in [4.78, 5) is 18.3. The van der Waals surface area contributed by atoms with Crippen LogP contribution >= 0.6 is 0 Å². The maximum absolute atomic E-state index is 12.2. The number of aryl methyl sites for hydroxylation is 2. The monoisotopic (exact) mass is 263 g/mol. The summed E-state index contributed by atoms with van der Waals surface area (Å²) in [5.41, 5.74) is 1.99. The standard InChI is InChI=1S/C14H21N3O2/c1-9-5-10(2)15-13(6-9)16-14(18)17-7-11(3)19-12(4)8-17/h5-6,11-12H,7-8H2,1-4H3,(H,15,16,18). The lowest BCUT2D eigenvalue weighted by Gasteiger charge is -2.35. The number of carbonyl (C=O) groups excluding carboxylic acids is 1. The van der Waals surface area contributed by atoms with Crippen LogP contribution in [0.25, 0.3) is 0 Å². The second-order valence-electron chi connectivity index (χ2n) is 5.26. The molecule has 2 heterocycles. The number of morpholine rings is 1. The number of pyridine rings is 1. The van der Waals surface area contributed by atoms with E-state index >= 15 is 0 Å². The third kappa shape index (κ3) is 3.67. The summed E-state index contributed by atoms with van der Waals surface area (Å²) in [5, 5.41) is 2.85. The van der Waals surface area contributed by atoms with E-state index in [4.69, 9.17) is 4.74 Å². The topological polar surface area (TPSA) is 54.5 Å². The summed E-state index contributed by atoms with van der Waals surface area (Å²) in [6.45, 7) is 9.09. The molecule has 0 radical (unpaired) electrons. The molecule has 0 saturated carbocycles. The van der Waals surface area contributed by atoms with Crippen molar-refractivity contribution in [1.82, 2.24) is 9.88 Å². The van der Waals surface area contributed by atoms with Crippen molar-refractivity contribution in [3.63, 3.8) is 0 Å². The van der Waals surface area contributed by atoms with Gasteiger partial charge >= 0.3 is 6.03 Å². The van der Waals surface area contributed by atoms with Crippen molar-refractivity contribution in [2.45, 2.75) is 39.9 Å². The average Bonchev–Trinajstić information content (AvgIpc) is 2.25. The number of amides is 2. The number of anilines is 1. The molecule has 2 unspecified atom stereocenters. The smallest absolute Gasteiger partial charge is 0.323 e. The van der Waals surface area contributed by atoms with E-state index in [-0.39, 0.29) is 18.2 Å². The first kappa shape index (κ1) is 13.8. The van der Waals surface area contributed by atoms with Crippen molar-refractivity contribution in [2.75, 3.05) is 18.4 Å². The van der Waals surface area contributed by atoms with Gasteiger partial charge in [0.15, 0.2) is 0 Å². The third-order valence-corrected chi connectivity index (χ3v) is 3.04. The Bertz CT molecular complexity index is 446. The van der Waals surface area contributed by atoms with Gasteiger partial charge in [-0.3, -0.25) is 5.32 Å². The predicted molar refractivity (Wildman–Crippen MR) is 74.3 cm³/mol. The van der Waals surface area contributed by atoms with Crippen LogP contribution in [0.3, 0.4) is 0 Å². The normalized spacial score (nSPS) is 23.3. The number of nitrogens with one attached hydrogen (secondary N) is 1. The van der Waals surface area contributed by atoms with Gasteiger partial charge in [-0.25, -0.2) is 9.78 Å². The molecule has 1 aliphatic rings. The summed E-state index contributed by atoms with van der Waals surface area (Å²) < 4.78 is 5.62. The van der Waals surface area contributed by atoms with Crippen molar-refractivity contribution in [2.24, 2.45) is 0 Å². The minimum Gasteiger partial charge on any atom is -0.372 e. The van der Waals surface area contributed by atoms with Crippen molar-refractivity contribution < 1.29 is 9.53 Å². The summed E-state index contributed by atoms with van der Waals surface area (Å²) in [5.74, 6) is 0.606. The van der Waals surface area contributed by atoms with Crippen LogP contribution < -0.4 is 5.32 Å². The van der Waals surface area contributed by atoms with E-state index in [0.717, 1.165) is 11.3 Å². The first-order chi connectivity index (χ1) is 8.94. The molecule has 1 fully saturated rings. The second-order valence-corrected chi connectivity index (χ2v) is 5.26. The number of rotatable bonds is 1. The van der Waals surface area contributed by atoms with Gasteiger partial charge in [0.2, 0.25) is 0 Å². The predicted octanol–water partition coefficient (Wildman–Crippen LogP) is 2.34. The molecule has 5 heteroatoms. The Morgan fingerprint density at radius 3 is 2.53 bits per heavy atom. The van der Waals surface area contributed by atoms with Crippen LogP contribution in [0.4, 0.5) is 10.6 Å². The minimum atomic E-state index is -0.112. The van der Waals surface area contributed by atoms with Gasteiger partial charge in [-0.05, 0) is 45.4 Å². The molecule has 1 saturated heterocycles. The lowest BCUT2D eigenvalue weighted by molar-refractivity contribution is -0.0530. The van der Waals surface area contributed by atoms with E-state index in [2.05, 4.69) is 10.3 Å². The first-order valence-electron chi connectivity index (χ1n) is 6.60. The molecule has 0 aromatic carbocycles. The number of ether oxygens (including phenoxy) is 1. The van der Waals surface area contributed by atoms with Crippen molar-refractivity contribution in [3.8, 4) is 0 Å². The summed E-state index contributed by atoms with van der Waals surface area (Å²) in [6, 6.07) is 3.74. The SMILES string of the molecule is Cc1cc(C)nc(NC(=O)N2CC(C)OC(C)C2)c1. The molecule has 2 rings (SSSR count). The van der Waals surface area contributed by atoms with E-state index in [1.54, 1.807) is 4.90 Å². The lowest BCUT2D eigenvalue weighted by atomic mass is 10.2. The number of aromatic nitrogens is 1. The highest BCUT2D eigenvalue weighted by Gasteiger charge is 2.26. The van der Waals surface area contributed by atoms with E-state index in [9.17, 15) is 4.79 Å². The Morgan fingerprint density at radius 2 is 1.95 bits per heavy atom. The van der Waals surface area contributed by atoms with E-state index in [1.807, 2.05) is 39.8 Å². The molecule has 1 aliphatic heterocycles. The number of hydrogen-bond acceptors (Lipinski definition) is 3. The first-order valence-corrected chi connectivity index (χ1v) is 6.60. The largest absolute Gasteiger partial charge is 0.372 e. The Balaban J connectivity index is 2.04. The molecule has 2 amide bonds. The highest BCUT2D eigenvalue weighted by atomic mass is 16.5.